The Kier molecular flexibility index (Phi) is 5.84. The van der Waals surface area contributed by atoms with Crippen LogP contribution >= 0.6 is 23.2 Å². The molecule has 0 spiro atoms. The minimum atomic E-state index is -0.559. The highest BCUT2D eigenvalue weighted by Gasteiger charge is 2.40. The predicted molar refractivity (Wildman–Crippen MR) is 98.3 cm³/mol. The third-order valence-electron chi connectivity index (χ3n) is 4.28. The molecule has 0 N–H and O–H groups in total. The maximum absolute atomic E-state index is 13.0. The summed E-state index contributed by atoms with van der Waals surface area (Å²) in [4.78, 5) is 20.4. The van der Waals surface area contributed by atoms with E-state index in [1.165, 1.54) is 5.06 Å². The van der Waals surface area contributed by atoms with Crippen molar-refractivity contribution in [2.24, 2.45) is 0 Å². The number of urea groups is 1. The van der Waals surface area contributed by atoms with Crippen molar-refractivity contribution < 1.29 is 9.63 Å². The Balaban J connectivity index is 2.28. The molecule has 1 heterocycles. The fraction of sp³-hybridized carbons (Fsp3) is 0.500. The molecule has 132 valence electrons. The van der Waals surface area contributed by atoms with Gasteiger partial charge in [-0.25, -0.2) is 4.79 Å². The van der Waals surface area contributed by atoms with Gasteiger partial charge in [-0.05, 0) is 57.9 Å². The summed E-state index contributed by atoms with van der Waals surface area (Å²) in [5.41, 5.74) is 1.20. The van der Waals surface area contributed by atoms with Gasteiger partial charge >= 0.3 is 6.03 Å². The molecule has 1 aliphatic rings. The molecule has 1 aromatic carbocycles. The van der Waals surface area contributed by atoms with E-state index >= 15 is 0 Å². The van der Waals surface area contributed by atoms with Gasteiger partial charge in [-0.1, -0.05) is 35.4 Å². The van der Waals surface area contributed by atoms with Gasteiger partial charge in [-0.2, -0.15) is 5.06 Å². The van der Waals surface area contributed by atoms with Crippen LogP contribution in [0.25, 0.3) is 0 Å². The molecule has 1 atom stereocenters. The molecular formula is C18H24Cl2N2O2. The highest BCUT2D eigenvalue weighted by Crippen LogP contribution is 2.35. The van der Waals surface area contributed by atoms with Crippen LogP contribution in [0, 0.1) is 0 Å². The molecule has 0 aromatic heterocycles. The van der Waals surface area contributed by atoms with E-state index in [4.69, 9.17) is 28.0 Å². The zero-order valence-electron chi connectivity index (χ0n) is 14.6. The quantitative estimate of drug-likeness (QED) is 0.662. The van der Waals surface area contributed by atoms with Crippen molar-refractivity contribution in [2.75, 3.05) is 13.2 Å². The van der Waals surface area contributed by atoms with Crippen LogP contribution in [0.4, 0.5) is 4.79 Å². The van der Waals surface area contributed by atoms with E-state index < -0.39 is 5.54 Å². The molecule has 2 amide bonds. The summed E-state index contributed by atoms with van der Waals surface area (Å²) in [6, 6.07) is 5.24. The summed E-state index contributed by atoms with van der Waals surface area (Å²) >= 11 is 12.3. The monoisotopic (exact) mass is 370 g/mol. The van der Waals surface area contributed by atoms with Crippen LogP contribution in [0.15, 0.2) is 30.4 Å². The van der Waals surface area contributed by atoms with Crippen LogP contribution in [-0.2, 0) is 10.4 Å². The van der Waals surface area contributed by atoms with Crippen molar-refractivity contribution in [3.63, 3.8) is 0 Å². The SMILES string of the molecule is C=C(C)CON1C(=O)N(C(C)(C)c2cc(Cl)cc(Cl)c2)CCC1C. The zero-order chi connectivity index (χ0) is 18.1. The van der Waals surface area contributed by atoms with Gasteiger partial charge < -0.3 is 4.90 Å². The maximum atomic E-state index is 13.0. The van der Waals surface area contributed by atoms with E-state index in [0.717, 1.165) is 17.6 Å². The standard InChI is InChI=1S/C18H24Cl2N2O2/c1-12(2)11-24-22-13(3)6-7-21(17(22)23)18(4,5)14-8-15(19)10-16(20)9-14/h8-10,13H,1,6-7,11H2,2-5H3. The molecule has 24 heavy (non-hydrogen) atoms. The fourth-order valence-electron chi connectivity index (χ4n) is 2.78. The van der Waals surface area contributed by atoms with Gasteiger partial charge in [0.05, 0.1) is 18.2 Å². The number of nitrogens with zero attached hydrogens (tertiary/aromatic N) is 2. The lowest BCUT2D eigenvalue weighted by atomic mass is 9.91. The topological polar surface area (TPSA) is 32.8 Å². The Morgan fingerprint density at radius 1 is 1.33 bits per heavy atom. The summed E-state index contributed by atoms with van der Waals surface area (Å²) < 4.78 is 0. The van der Waals surface area contributed by atoms with Crippen LogP contribution in [0.5, 0.6) is 0 Å². The summed E-state index contributed by atoms with van der Waals surface area (Å²) in [7, 11) is 0. The minimum Gasteiger partial charge on any atom is -0.314 e. The van der Waals surface area contributed by atoms with E-state index in [2.05, 4.69) is 6.58 Å². The second-order valence-electron chi connectivity index (χ2n) is 6.85. The molecule has 1 unspecified atom stereocenters. The van der Waals surface area contributed by atoms with Gasteiger partial charge in [0.25, 0.3) is 0 Å². The van der Waals surface area contributed by atoms with Crippen molar-refractivity contribution in [1.82, 2.24) is 9.96 Å². The third kappa shape index (κ3) is 4.05. The predicted octanol–water partition coefficient (Wildman–Crippen LogP) is 5.25. The number of amides is 2. The van der Waals surface area contributed by atoms with E-state index in [1.54, 1.807) is 11.0 Å². The van der Waals surface area contributed by atoms with Crippen LogP contribution in [0.2, 0.25) is 10.0 Å². The van der Waals surface area contributed by atoms with Crippen LogP contribution in [0.1, 0.15) is 39.7 Å². The lowest BCUT2D eigenvalue weighted by molar-refractivity contribution is -0.159. The molecule has 1 aromatic rings. The Morgan fingerprint density at radius 3 is 2.46 bits per heavy atom. The highest BCUT2D eigenvalue weighted by molar-refractivity contribution is 6.34. The number of carbonyl (C=O) groups excluding carboxylic acids is 1. The number of hydroxylamine groups is 2. The average Bonchev–Trinajstić information content (AvgIpc) is 2.45. The molecule has 0 bridgehead atoms. The lowest BCUT2D eigenvalue weighted by Crippen LogP contribution is -2.58. The van der Waals surface area contributed by atoms with Crippen LogP contribution in [0.3, 0.4) is 0 Å². The minimum absolute atomic E-state index is 0.0202. The first-order valence-corrected chi connectivity index (χ1v) is 8.73. The molecule has 1 fully saturated rings. The lowest BCUT2D eigenvalue weighted by Gasteiger charge is -2.46. The maximum Gasteiger partial charge on any atom is 0.344 e. The normalized spacial score (nSPS) is 18.9. The van der Waals surface area contributed by atoms with Gasteiger partial charge in [-0.3, -0.25) is 4.84 Å². The Hall–Kier alpha value is -1.23. The molecule has 6 heteroatoms. The van der Waals surface area contributed by atoms with Crippen molar-refractivity contribution in [1.29, 1.82) is 0 Å². The number of benzene rings is 1. The van der Waals surface area contributed by atoms with Gasteiger partial charge in [-0.15, -0.1) is 0 Å². The summed E-state index contributed by atoms with van der Waals surface area (Å²) in [6.45, 7) is 12.6. The first-order valence-electron chi connectivity index (χ1n) is 7.97. The van der Waals surface area contributed by atoms with Crippen LogP contribution < -0.4 is 0 Å². The van der Waals surface area contributed by atoms with Crippen molar-refractivity contribution in [2.45, 2.75) is 45.7 Å². The molecule has 0 saturated carbocycles. The smallest absolute Gasteiger partial charge is 0.314 e. The number of rotatable bonds is 5. The third-order valence-corrected chi connectivity index (χ3v) is 4.72. The molecule has 0 radical (unpaired) electrons. The van der Waals surface area contributed by atoms with Gasteiger partial charge in [0, 0.05) is 16.6 Å². The Labute approximate surface area is 153 Å². The first-order chi connectivity index (χ1) is 11.1. The van der Waals surface area contributed by atoms with E-state index in [0.29, 0.717) is 23.2 Å². The van der Waals surface area contributed by atoms with E-state index in [-0.39, 0.29) is 12.1 Å². The second-order valence-corrected chi connectivity index (χ2v) is 7.72. The fourth-order valence-corrected chi connectivity index (χ4v) is 3.31. The summed E-state index contributed by atoms with van der Waals surface area (Å²) in [5.74, 6) is 0. The Morgan fingerprint density at radius 2 is 1.92 bits per heavy atom. The number of hydrogen-bond acceptors (Lipinski definition) is 2. The molecule has 1 saturated heterocycles. The molecular weight excluding hydrogens is 347 g/mol. The number of halogens is 2. The van der Waals surface area contributed by atoms with E-state index in [9.17, 15) is 4.79 Å². The van der Waals surface area contributed by atoms with Crippen LogP contribution in [-0.4, -0.2) is 35.2 Å². The van der Waals surface area contributed by atoms with Crippen molar-refractivity contribution in [3.05, 3.63) is 46.0 Å². The zero-order valence-corrected chi connectivity index (χ0v) is 16.1. The Bertz CT molecular complexity index is 626. The number of carbonyl (C=O) groups is 1. The average molecular weight is 371 g/mol. The first kappa shape index (κ1) is 19.1. The second kappa shape index (κ2) is 7.34. The summed E-state index contributed by atoms with van der Waals surface area (Å²) in [5, 5.41) is 2.56. The largest absolute Gasteiger partial charge is 0.344 e. The van der Waals surface area contributed by atoms with Crippen molar-refractivity contribution in [3.8, 4) is 0 Å². The molecule has 0 aliphatic carbocycles. The number of hydrogen-bond donors (Lipinski definition) is 0. The van der Waals surface area contributed by atoms with Gasteiger partial charge in [0.1, 0.15) is 0 Å². The molecule has 4 nitrogen and oxygen atoms in total. The van der Waals surface area contributed by atoms with Gasteiger partial charge in [0.2, 0.25) is 0 Å². The summed E-state index contributed by atoms with van der Waals surface area (Å²) in [6.07, 6.45) is 0.819. The van der Waals surface area contributed by atoms with E-state index in [1.807, 2.05) is 39.8 Å². The highest BCUT2D eigenvalue weighted by atomic mass is 35.5. The van der Waals surface area contributed by atoms with Gasteiger partial charge in [0.15, 0.2) is 0 Å². The van der Waals surface area contributed by atoms with Crippen molar-refractivity contribution >= 4 is 29.2 Å². The molecule has 2 rings (SSSR count). The molecule has 1 aliphatic heterocycles.